The zero-order chi connectivity index (χ0) is 32.8. The van der Waals surface area contributed by atoms with Crippen molar-refractivity contribution >= 4 is 22.3 Å². The first-order valence-corrected chi connectivity index (χ1v) is 14.7. The van der Waals surface area contributed by atoms with E-state index in [-0.39, 0.29) is 18.2 Å². The van der Waals surface area contributed by atoms with Crippen LogP contribution in [-0.4, -0.2) is 47.9 Å². The van der Waals surface area contributed by atoms with E-state index in [0.717, 1.165) is 26.1 Å². The van der Waals surface area contributed by atoms with Crippen LogP contribution in [-0.2, 0) is 39.0 Å². The molecule has 0 atom stereocenters. The summed E-state index contributed by atoms with van der Waals surface area (Å²) >= 11 is 0. The van der Waals surface area contributed by atoms with E-state index in [4.69, 9.17) is 18.7 Å². The van der Waals surface area contributed by atoms with E-state index >= 15 is 0 Å². The summed E-state index contributed by atoms with van der Waals surface area (Å²) in [6.45, 7) is 2.36. The van der Waals surface area contributed by atoms with Gasteiger partial charge in [0, 0.05) is 26.0 Å². The number of amides is 1. The first-order chi connectivity index (χ1) is 21.2. The minimum absolute atomic E-state index is 0.116. The number of aromatic nitrogens is 1. The lowest BCUT2D eigenvalue weighted by atomic mass is 10.1. The zero-order valence-corrected chi connectivity index (χ0v) is 25.1. The predicted molar refractivity (Wildman–Crippen MR) is 154 cm³/mol. The average molecular weight is 648 g/mol. The molecule has 0 unspecified atom stereocenters. The number of benzene rings is 3. The summed E-state index contributed by atoms with van der Waals surface area (Å²) in [5.74, 6) is 0.176. The summed E-state index contributed by atoms with van der Waals surface area (Å²) in [6.07, 6.45) is -5.38. The highest BCUT2D eigenvalue weighted by molar-refractivity contribution is 7.87. The highest BCUT2D eigenvalue weighted by atomic mass is 32.2. The summed E-state index contributed by atoms with van der Waals surface area (Å²) in [5.41, 5.74) is 0.511. The van der Waals surface area contributed by atoms with Crippen LogP contribution in [0.4, 0.5) is 18.0 Å². The SMILES string of the molecule is CC(=O)ON(Cc1cccc(OCCc2nc(-c3ccc(C(F)(F)F)cc3)oc2C)c1)S(=O)(=O)N(C)C(=O)Oc1ccccc1. The molecule has 238 valence electrons. The van der Waals surface area contributed by atoms with Gasteiger partial charge in [-0.2, -0.15) is 25.9 Å². The maximum Gasteiger partial charge on any atom is 0.429 e. The van der Waals surface area contributed by atoms with Gasteiger partial charge in [-0.1, -0.05) is 30.3 Å². The summed E-state index contributed by atoms with van der Waals surface area (Å²) in [5, 5.41) is 0. The molecule has 15 heteroatoms. The van der Waals surface area contributed by atoms with Crippen LogP contribution in [0.2, 0.25) is 0 Å². The number of carbonyl (C=O) groups excluding carboxylic acids is 2. The van der Waals surface area contributed by atoms with Gasteiger partial charge in [0.15, 0.2) is 0 Å². The van der Waals surface area contributed by atoms with E-state index in [1.54, 1.807) is 43.3 Å². The van der Waals surface area contributed by atoms with Crippen LogP contribution < -0.4 is 9.47 Å². The molecule has 4 rings (SSSR count). The van der Waals surface area contributed by atoms with E-state index in [1.807, 2.05) is 0 Å². The Morgan fingerprint density at radius 3 is 2.27 bits per heavy atom. The van der Waals surface area contributed by atoms with Crippen LogP contribution in [0.15, 0.2) is 83.3 Å². The van der Waals surface area contributed by atoms with Crippen LogP contribution in [0.25, 0.3) is 11.5 Å². The van der Waals surface area contributed by atoms with Gasteiger partial charge in [0.2, 0.25) is 5.89 Å². The topological polar surface area (TPSA) is 128 Å². The van der Waals surface area contributed by atoms with Crippen molar-refractivity contribution in [2.45, 2.75) is 33.0 Å². The second-order valence-electron chi connectivity index (χ2n) is 9.54. The number of hydroxylamine groups is 1. The molecule has 45 heavy (non-hydrogen) atoms. The van der Waals surface area contributed by atoms with Crippen molar-refractivity contribution in [3.8, 4) is 23.0 Å². The van der Waals surface area contributed by atoms with Crippen LogP contribution in [0, 0.1) is 6.92 Å². The molecule has 1 aromatic heterocycles. The molecule has 0 N–H and O–H groups in total. The van der Waals surface area contributed by atoms with Gasteiger partial charge in [0.05, 0.1) is 24.4 Å². The Labute approximate surface area is 256 Å². The molecule has 11 nitrogen and oxygen atoms in total. The van der Waals surface area contributed by atoms with E-state index < -0.39 is 40.6 Å². The van der Waals surface area contributed by atoms with Gasteiger partial charge in [0.25, 0.3) is 0 Å². The molecule has 0 aliphatic carbocycles. The Kier molecular flexibility index (Phi) is 10.1. The van der Waals surface area contributed by atoms with Gasteiger partial charge < -0.3 is 18.7 Å². The molecule has 0 radical (unpaired) electrons. The number of carbonyl (C=O) groups is 2. The zero-order valence-electron chi connectivity index (χ0n) is 24.3. The van der Waals surface area contributed by atoms with Crippen LogP contribution in [0.3, 0.4) is 0 Å². The molecule has 0 fully saturated rings. The molecule has 0 bridgehead atoms. The third kappa shape index (κ3) is 8.61. The van der Waals surface area contributed by atoms with Gasteiger partial charge in [0.1, 0.15) is 17.3 Å². The van der Waals surface area contributed by atoms with E-state index in [2.05, 4.69) is 4.98 Å². The van der Waals surface area contributed by atoms with Crippen molar-refractivity contribution in [1.82, 2.24) is 13.8 Å². The lowest BCUT2D eigenvalue weighted by Gasteiger charge is -2.25. The van der Waals surface area contributed by atoms with Crippen LogP contribution >= 0.6 is 0 Å². The number of rotatable bonds is 11. The van der Waals surface area contributed by atoms with Crippen molar-refractivity contribution < 1.29 is 49.9 Å². The largest absolute Gasteiger partial charge is 0.493 e. The molecular formula is C30H28F3N3O8S. The summed E-state index contributed by atoms with van der Waals surface area (Å²) in [4.78, 5) is 33.6. The molecule has 0 saturated carbocycles. The number of halogens is 3. The fourth-order valence-corrected chi connectivity index (χ4v) is 4.93. The lowest BCUT2D eigenvalue weighted by molar-refractivity contribution is -0.168. The van der Waals surface area contributed by atoms with Crippen LogP contribution in [0.1, 0.15) is 29.5 Å². The van der Waals surface area contributed by atoms with Gasteiger partial charge in [-0.3, -0.25) is 4.79 Å². The normalized spacial score (nSPS) is 11.7. The number of para-hydroxylation sites is 1. The lowest BCUT2D eigenvalue weighted by Crippen LogP contribution is -2.46. The Morgan fingerprint density at radius 2 is 1.62 bits per heavy atom. The number of alkyl halides is 3. The fourth-order valence-electron chi connectivity index (χ4n) is 3.92. The van der Waals surface area contributed by atoms with Crippen molar-refractivity contribution in [3.05, 3.63) is 101 Å². The van der Waals surface area contributed by atoms with Gasteiger partial charge >= 0.3 is 28.4 Å². The number of hydrogen-bond acceptors (Lipinski definition) is 9. The fraction of sp³-hybridized carbons (Fsp3) is 0.233. The number of nitrogens with zero attached hydrogens (tertiary/aromatic N) is 3. The summed E-state index contributed by atoms with van der Waals surface area (Å²) < 4.78 is 82.2. The van der Waals surface area contributed by atoms with Crippen molar-refractivity contribution in [2.75, 3.05) is 13.7 Å². The monoisotopic (exact) mass is 647 g/mol. The Hall–Kier alpha value is -4.89. The molecule has 0 saturated heterocycles. The van der Waals surface area contributed by atoms with Crippen molar-refractivity contribution in [2.24, 2.45) is 0 Å². The Morgan fingerprint density at radius 1 is 0.956 bits per heavy atom. The molecule has 0 aliphatic heterocycles. The molecular weight excluding hydrogens is 619 g/mol. The first kappa shape index (κ1) is 33.0. The molecule has 4 aromatic rings. The molecule has 1 amide bonds. The minimum atomic E-state index is -4.68. The number of aryl methyl sites for hydroxylation is 1. The summed E-state index contributed by atoms with van der Waals surface area (Å²) in [7, 11) is -3.72. The summed E-state index contributed by atoms with van der Waals surface area (Å²) in [6, 6.07) is 18.6. The van der Waals surface area contributed by atoms with Crippen molar-refractivity contribution in [3.63, 3.8) is 0 Å². The first-order valence-electron chi connectivity index (χ1n) is 13.3. The third-order valence-electron chi connectivity index (χ3n) is 6.21. The third-order valence-corrected chi connectivity index (χ3v) is 7.77. The Bertz CT molecular complexity index is 1740. The van der Waals surface area contributed by atoms with E-state index in [9.17, 15) is 31.2 Å². The number of ether oxygens (including phenoxy) is 2. The molecule has 3 aromatic carbocycles. The predicted octanol–water partition coefficient (Wildman–Crippen LogP) is 5.95. The molecule has 0 spiro atoms. The van der Waals surface area contributed by atoms with E-state index in [1.165, 1.54) is 30.3 Å². The van der Waals surface area contributed by atoms with Crippen LogP contribution in [0.5, 0.6) is 11.5 Å². The van der Waals surface area contributed by atoms with Gasteiger partial charge in [-0.05, 0) is 65.5 Å². The highest BCUT2D eigenvalue weighted by Gasteiger charge is 2.35. The standard InChI is InChI=1S/C30H28F3N3O8S/c1-20-27(34-28(42-20)23-12-14-24(15-13-23)30(31,32)33)16-17-41-26-11-7-8-22(18-26)19-36(44-21(2)37)45(39,40)35(3)29(38)43-25-9-5-4-6-10-25/h4-15,18H,16-17,19H2,1-3H3. The maximum absolute atomic E-state index is 13.2. The van der Waals surface area contributed by atoms with E-state index in [0.29, 0.717) is 43.5 Å². The molecule has 1 heterocycles. The Balaban J connectivity index is 1.40. The van der Waals surface area contributed by atoms with Gasteiger partial charge in [-0.25, -0.2) is 9.78 Å². The molecule has 0 aliphatic rings. The average Bonchev–Trinajstić information content (AvgIpc) is 3.36. The smallest absolute Gasteiger partial charge is 0.429 e. The number of hydrogen-bond donors (Lipinski definition) is 0. The highest BCUT2D eigenvalue weighted by Crippen LogP contribution is 2.31. The second-order valence-corrected chi connectivity index (χ2v) is 11.4. The maximum atomic E-state index is 13.2. The van der Waals surface area contributed by atoms with Gasteiger partial charge in [-0.15, -0.1) is 0 Å². The second kappa shape index (κ2) is 13.8. The minimum Gasteiger partial charge on any atom is -0.493 e. The number of oxazole rings is 1. The quantitative estimate of drug-likeness (QED) is 0.182. The van der Waals surface area contributed by atoms with Crippen molar-refractivity contribution in [1.29, 1.82) is 0 Å².